The van der Waals surface area contributed by atoms with Gasteiger partial charge in [0.05, 0.1) is 50.8 Å². The summed E-state index contributed by atoms with van der Waals surface area (Å²) in [5, 5.41) is 9.83. The van der Waals surface area contributed by atoms with Crippen molar-refractivity contribution in [2.45, 2.75) is 44.1 Å². The molecular weight excluding hydrogens is 384 g/mol. The monoisotopic (exact) mass is 408 g/mol. The summed E-state index contributed by atoms with van der Waals surface area (Å²) in [6, 6.07) is 6.26. The Labute approximate surface area is 174 Å². The highest BCUT2D eigenvalue weighted by molar-refractivity contribution is 5.84. The fourth-order valence-electron chi connectivity index (χ4n) is 4.56. The lowest BCUT2D eigenvalue weighted by Gasteiger charge is -2.36. The Morgan fingerprint density at radius 3 is 3.03 bits per heavy atom. The molecular formula is C22H24N4O4. The van der Waals surface area contributed by atoms with E-state index in [0.29, 0.717) is 26.4 Å². The normalized spacial score (nSPS) is 23.3. The van der Waals surface area contributed by atoms with Crippen LogP contribution >= 0.6 is 0 Å². The third-order valence-electron chi connectivity index (χ3n) is 6.35. The van der Waals surface area contributed by atoms with Crippen LogP contribution in [0, 0.1) is 0 Å². The van der Waals surface area contributed by atoms with Gasteiger partial charge in [-0.25, -0.2) is 4.68 Å². The van der Waals surface area contributed by atoms with Crippen LogP contribution in [0.1, 0.15) is 42.3 Å². The molecule has 6 rings (SSSR count). The number of hydrogen-bond acceptors (Lipinski definition) is 7. The molecule has 3 aromatic rings. The standard InChI is InChI=1S/C22H24N4O4/c1-14(21-9-26(25-24-21)16-7-22(29-11-16)12-28-13-22)30-17-2-3-20-19(6-17)18-4-5-27-10-15(18)8-23-20/h2-3,6,8-9,14,16H,4-5,7,10-13H2,1H3/t14-,16?/m1/s1. The van der Waals surface area contributed by atoms with Crippen LogP contribution in [0.4, 0.5) is 0 Å². The van der Waals surface area contributed by atoms with E-state index >= 15 is 0 Å². The quantitative estimate of drug-likeness (QED) is 0.657. The summed E-state index contributed by atoms with van der Waals surface area (Å²) in [7, 11) is 0. The Morgan fingerprint density at radius 1 is 1.27 bits per heavy atom. The molecule has 0 amide bonds. The Bertz CT molecular complexity index is 1090. The first-order valence-electron chi connectivity index (χ1n) is 10.5. The molecule has 2 atom stereocenters. The topological polar surface area (TPSA) is 80.5 Å². The molecule has 3 aliphatic rings. The van der Waals surface area contributed by atoms with Gasteiger partial charge in [0.25, 0.3) is 0 Å². The average Bonchev–Trinajstić information content (AvgIpc) is 3.41. The number of rotatable bonds is 4. The zero-order valence-electron chi connectivity index (χ0n) is 16.9. The van der Waals surface area contributed by atoms with Gasteiger partial charge in [-0.1, -0.05) is 5.21 Å². The molecule has 3 aliphatic heterocycles. The number of pyridine rings is 1. The molecule has 0 saturated carbocycles. The Kier molecular flexibility index (Phi) is 4.26. The average molecular weight is 408 g/mol. The molecule has 8 nitrogen and oxygen atoms in total. The molecule has 2 saturated heterocycles. The molecule has 0 radical (unpaired) electrons. The lowest BCUT2D eigenvalue weighted by Crippen LogP contribution is -2.49. The molecule has 1 spiro atoms. The molecule has 2 aromatic heterocycles. The Hall–Kier alpha value is -2.55. The van der Waals surface area contributed by atoms with Crippen molar-refractivity contribution < 1.29 is 18.9 Å². The van der Waals surface area contributed by atoms with E-state index in [4.69, 9.17) is 18.9 Å². The fourth-order valence-corrected chi connectivity index (χ4v) is 4.56. The lowest BCUT2D eigenvalue weighted by molar-refractivity contribution is -0.184. The molecule has 0 N–H and O–H groups in total. The van der Waals surface area contributed by atoms with Crippen molar-refractivity contribution in [3.05, 3.63) is 47.4 Å². The van der Waals surface area contributed by atoms with E-state index in [1.807, 2.05) is 36.1 Å². The van der Waals surface area contributed by atoms with Gasteiger partial charge in [-0.3, -0.25) is 4.98 Å². The van der Waals surface area contributed by atoms with Crippen molar-refractivity contribution in [3.63, 3.8) is 0 Å². The molecule has 30 heavy (non-hydrogen) atoms. The van der Waals surface area contributed by atoms with Gasteiger partial charge >= 0.3 is 0 Å². The number of fused-ring (bicyclic) bond motifs is 3. The second-order valence-electron chi connectivity index (χ2n) is 8.47. The molecule has 1 aromatic carbocycles. The van der Waals surface area contributed by atoms with E-state index in [-0.39, 0.29) is 17.7 Å². The van der Waals surface area contributed by atoms with E-state index < -0.39 is 0 Å². The van der Waals surface area contributed by atoms with Gasteiger partial charge in [0.15, 0.2) is 0 Å². The van der Waals surface area contributed by atoms with Gasteiger partial charge in [-0.15, -0.1) is 5.10 Å². The van der Waals surface area contributed by atoms with Crippen molar-refractivity contribution in [1.82, 2.24) is 20.0 Å². The minimum atomic E-state index is -0.213. The highest BCUT2D eigenvalue weighted by Gasteiger charge is 2.47. The number of ether oxygens (including phenoxy) is 4. The number of benzene rings is 1. The fraction of sp³-hybridized carbons (Fsp3) is 0.500. The van der Waals surface area contributed by atoms with Crippen molar-refractivity contribution in [3.8, 4) is 5.75 Å². The first-order chi connectivity index (χ1) is 14.7. The predicted molar refractivity (Wildman–Crippen MR) is 107 cm³/mol. The van der Waals surface area contributed by atoms with Gasteiger partial charge in [-0.2, -0.15) is 0 Å². The maximum absolute atomic E-state index is 6.22. The van der Waals surface area contributed by atoms with Crippen molar-refractivity contribution >= 4 is 10.9 Å². The predicted octanol–water partition coefficient (Wildman–Crippen LogP) is 2.77. The van der Waals surface area contributed by atoms with Gasteiger partial charge in [0, 0.05) is 18.0 Å². The van der Waals surface area contributed by atoms with E-state index in [2.05, 4.69) is 21.4 Å². The molecule has 0 aliphatic carbocycles. The summed E-state index contributed by atoms with van der Waals surface area (Å²) < 4.78 is 24.9. The smallest absolute Gasteiger partial charge is 0.141 e. The summed E-state index contributed by atoms with van der Waals surface area (Å²) in [6.07, 6.45) is 5.49. The molecule has 1 unspecified atom stereocenters. The number of hydrogen-bond donors (Lipinski definition) is 0. The van der Waals surface area contributed by atoms with Gasteiger partial charge in [0.2, 0.25) is 0 Å². The zero-order chi connectivity index (χ0) is 20.1. The van der Waals surface area contributed by atoms with Crippen LogP contribution in [-0.2, 0) is 27.2 Å². The van der Waals surface area contributed by atoms with Crippen molar-refractivity contribution in [2.75, 3.05) is 26.4 Å². The van der Waals surface area contributed by atoms with Gasteiger partial charge in [-0.05, 0) is 42.7 Å². The van der Waals surface area contributed by atoms with Crippen LogP contribution in [0.3, 0.4) is 0 Å². The molecule has 0 bridgehead atoms. The zero-order valence-corrected chi connectivity index (χ0v) is 16.9. The van der Waals surface area contributed by atoms with E-state index in [9.17, 15) is 0 Å². The second kappa shape index (κ2) is 7.01. The van der Waals surface area contributed by atoms with Gasteiger partial charge < -0.3 is 18.9 Å². The van der Waals surface area contributed by atoms with Crippen LogP contribution in [-0.4, -0.2) is 52.0 Å². The van der Waals surface area contributed by atoms with E-state index in [0.717, 1.165) is 47.4 Å². The first kappa shape index (κ1) is 18.2. The summed E-state index contributed by atoms with van der Waals surface area (Å²) >= 11 is 0. The summed E-state index contributed by atoms with van der Waals surface area (Å²) in [5.41, 5.74) is 4.15. The third kappa shape index (κ3) is 3.07. The van der Waals surface area contributed by atoms with E-state index in [1.165, 1.54) is 5.56 Å². The first-order valence-corrected chi connectivity index (χ1v) is 10.5. The molecule has 5 heterocycles. The van der Waals surface area contributed by atoms with E-state index in [1.54, 1.807) is 0 Å². The van der Waals surface area contributed by atoms with Crippen molar-refractivity contribution in [1.29, 1.82) is 0 Å². The van der Waals surface area contributed by atoms with Crippen LogP contribution in [0.15, 0.2) is 30.6 Å². The van der Waals surface area contributed by atoms with Crippen LogP contribution in [0.5, 0.6) is 5.75 Å². The highest BCUT2D eigenvalue weighted by Crippen LogP contribution is 2.38. The lowest BCUT2D eigenvalue weighted by atomic mass is 9.96. The summed E-state index contributed by atoms with van der Waals surface area (Å²) in [4.78, 5) is 4.56. The number of nitrogens with zero attached hydrogens (tertiary/aromatic N) is 4. The minimum absolute atomic E-state index is 0.109. The van der Waals surface area contributed by atoms with Crippen LogP contribution in [0.2, 0.25) is 0 Å². The van der Waals surface area contributed by atoms with Crippen LogP contribution < -0.4 is 4.74 Å². The molecule has 2 fully saturated rings. The SMILES string of the molecule is C[C@@H](Oc1ccc2ncc3c(c2c1)CCOC3)c1cn(C2COC3(COC3)C2)nn1. The van der Waals surface area contributed by atoms with Crippen molar-refractivity contribution in [2.24, 2.45) is 0 Å². The second-order valence-corrected chi connectivity index (χ2v) is 8.47. The summed E-state index contributed by atoms with van der Waals surface area (Å²) in [5.74, 6) is 0.806. The largest absolute Gasteiger partial charge is 0.484 e. The maximum atomic E-state index is 6.22. The van der Waals surface area contributed by atoms with Crippen LogP contribution in [0.25, 0.3) is 10.9 Å². The number of aromatic nitrogens is 4. The Balaban J connectivity index is 1.20. The highest BCUT2D eigenvalue weighted by atomic mass is 16.6. The summed E-state index contributed by atoms with van der Waals surface area (Å²) in [6.45, 7) is 5.37. The maximum Gasteiger partial charge on any atom is 0.141 e. The third-order valence-corrected chi connectivity index (χ3v) is 6.35. The molecule has 156 valence electrons. The Morgan fingerprint density at radius 2 is 2.20 bits per heavy atom. The van der Waals surface area contributed by atoms with Gasteiger partial charge in [0.1, 0.15) is 23.1 Å². The molecule has 8 heteroatoms. The minimum Gasteiger partial charge on any atom is -0.484 e.